The highest BCUT2D eigenvalue weighted by molar-refractivity contribution is 5.92. The monoisotopic (exact) mass is 318 g/mol. The number of carbonyl (C=O) groups excluding carboxylic acids is 2. The van der Waals surface area contributed by atoms with Gasteiger partial charge in [0, 0.05) is 32.2 Å². The number of aromatic nitrogens is 1. The molecule has 0 aromatic carbocycles. The lowest BCUT2D eigenvalue weighted by Crippen LogP contribution is -2.50. The van der Waals surface area contributed by atoms with Crippen molar-refractivity contribution in [3.63, 3.8) is 0 Å². The number of hydrogen-bond acceptors (Lipinski definition) is 5. The van der Waals surface area contributed by atoms with E-state index in [0.29, 0.717) is 44.5 Å². The highest BCUT2D eigenvalue weighted by Crippen LogP contribution is 2.24. The summed E-state index contributed by atoms with van der Waals surface area (Å²) >= 11 is 0. The lowest BCUT2D eigenvalue weighted by molar-refractivity contribution is 0.0566. The van der Waals surface area contributed by atoms with Crippen molar-refractivity contribution in [3.8, 4) is 0 Å². The molecule has 0 bridgehead atoms. The van der Waals surface area contributed by atoms with E-state index in [4.69, 9.17) is 4.74 Å². The fraction of sp³-hybridized carbons (Fsp3) is 0.562. The highest BCUT2D eigenvalue weighted by atomic mass is 16.6. The maximum atomic E-state index is 12.5. The van der Waals surface area contributed by atoms with Crippen molar-refractivity contribution in [3.05, 3.63) is 24.0 Å². The maximum absolute atomic E-state index is 12.5. The third-order valence-electron chi connectivity index (χ3n) is 4.02. The Balaban J connectivity index is 1.53. The van der Waals surface area contributed by atoms with Gasteiger partial charge in [0.2, 0.25) is 0 Å². The van der Waals surface area contributed by atoms with Crippen molar-refractivity contribution in [2.24, 2.45) is 0 Å². The Kier molecular flexibility index (Phi) is 4.64. The largest absolute Gasteiger partial charge is 0.450 e. The smallest absolute Gasteiger partial charge is 0.409 e. The molecule has 2 amide bonds. The molecule has 0 radical (unpaired) electrons. The van der Waals surface area contributed by atoms with Crippen LogP contribution in [0.2, 0.25) is 0 Å². The molecule has 2 aliphatic rings. The van der Waals surface area contributed by atoms with Crippen LogP contribution in [0.5, 0.6) is 0 Å². The number of anilines is 1. The molecule has 1 saturated heterocycles. The fourth-order valence-corrected chi connectivity index (χ4v) is 2.54. The van der Waals surface area contributed by atoms with Crippen molar-refractivity contribution >= 4 is 17.7 Å². The summed E-state index contributed by atoms with van der Waals surface area (Å²) in [6.07, 6.45) is 3.80. The van der Waals surface area contributed by atoms with Crippen LogP contribution in [0.3, 0.4) is 0 Å². The Morgan fingerprint density at radius 1 is 1.22 bits per heavy atom. The van der Waals surface area contributed by atoms with Gasteiger partial charge in [0.15, 0.2) is 0 Å². The molecule has 1 N–H and O–H groups in total. The second-order valence-electron chi connectivity index (χ2n) is 5.83. The van der Waals surface area contributed by atoms with Crippen molar-refractivity contribution in [1.29, 1.82) is 0 Å². The number of pyridine rings is 1. The minimum atomic E-state index is -0.312. The maximum Gasteiger partial charge on any atom is 0.409 e. The zero-order chi connectivity index (χ0) is 16.2. The van der Waals surface area contributed by atoms with Gasteiger partial charge in [-0.05, 0) is 31.9 Å². The van der Waals surface area contributed by atoms with Crippen LogP contribution in [0.4, 0.5) is 10.5 Å². The minimum Gasteiger partial charge on any atom is -0.450 e. The Morgan fingerprint density at radius 3 is 2.48 bits per heavy atom. The van der Waals surface area contributed by atoms with Crippen LogP contribution in [-0.4, -0.2) is 65.6 Å². The Labute approximate surface area is 135 Å². The molecule has 1 saturated carbocycles. The molecule has 0 spiro atoms. The predicted octanol–water partition coefficient (Wildman–Crippen LogP) is 1.57. The van der Waals surface area contributed by atoms with Gasteiger partial charge in [-0.25, -0.2) is 9.78 Å². The van der Waals surface area contributed by atoms with Gasteiger partial charge < -0.3 is 19.9 Å². The number of hydrogen-bond donors (Lipinski definition) is 1. The van der Waals surface area contributed by atoms with Crippen LogP contribution in [0.1, 0.15) is 30.3 Å². The second-order valence-corrected chi connectivity index (χ2v) is 5.83. The molecule has 2 fully saturated rings. The van der Waals surface area contributed by atoms with Gasteiger partial charge >= 0.3 is 6.09 Å². The molecule has 0 atom stereocenters. The summed E-state index contributed by atoms with van der Waals surface area (Å²) in [7, 11) is 0. The topological polar surface area (TPSA) is 74.8 Å². The van der Waals surface area contributed by atoms with Gasteiger partial charge in [-0.1, -0.05) is 0 Å². The van der Waals surface area contributed by atoms with E-state index in [-0.39, 0.29) is 12.0 Å². The summed E-state index contributed by atoms with van der Waals surface area (Å²) in [4.78, 5) is 31.7. The van der Waals surface area contributed by atoms with Crippen LogP contribution in [-0.2, 0) is 4.74 Å². The number of rotatable bonds is 4. The zero-order valence-electron chi connectivity index (χ0n) is 13.3. The van der Waals surface area contributed by atoms with E-state index in [9.17, 15) is 9.59 Å². The number of nitrogens with one attached hydrogen (secondary N) is 1. The average molecular weight is 318 g/mol. The molecule has 1 aromatic rings. The summed E-state index contributed by atoms with van der Waals surface area (Å²) in [6.45, 7) is 4.13. The second kappa shape index (κ2) is 6.85. The van der Waals surface area contributed by atoms with Crippen LogP contribution in [0.15, 0.2) is 18.3 Å². The number of amides is 2. The van der Waals surface area contributed by atoms with E-state index in [1.807, 2.05) is 6.07 Å². The van der Waals surface area contributed by atoms with E-state index in [1.165, 1.54) is 12.8 Å². The highest BCUT2D eigenvalue weighted by Gasteiger charge is 2.26. The zero-order valence-corrected chi connectivity index (χ0v) is 13.3. The third-order valence-corrected chi connectivity index (χ3v) is 4.02. The summed E-state index contributed by atoms with van der Waals surface area (Å²) < 4.78 is 4.98. The number of piperazine rings is 1. The minimum absolute atomic E-state index is 0.0912. The van der Waals surface area contributed by atoms with Gasteiger partial charge in [0.1, 0.15) is 5.69 Å². The van der Waals surface area contributed by atoms with Gasteiger partial charge in [-0.3, -0.25) is 4.79 Å². The summed E-state index contributed by atoms with van der Waals surface area (Å²) in [5, 5.41) is 3.35. The van der Waals surface area contributed by atoms with E-state index >= 15 is 0 Å². The van der Waals surface area contributed by atoms with E-state index < -0.39 is 0 Å². The van der Waals surface area contributed by atoms with Gasteiger partial charge in [0.25, 0.3) is 5.91 Å². The lowest BCUT2D eigenvalue weighted by atomic mass is 10.2. The molecule has 2 heterocycles. The molecule has 7 heteroatoms. The molecule has 1 aliphatic carbocycles. The normalized spacial score (nSPS) is 17.8. The fourth-order valence-electron chi connectivity index (χ4n) is 2.54. The van der Waals surface area contributed by atoms with Crippen LogP contribution in [0.25, 0.3) is 0 Å². The number of ether oxygens (including phenoxy) is 1. The van der Waals surface area contributed by atoms with Gasteiger partial charge in [-0.2, -0.15) is 0 Å². The third kappa shape index (κ3) is 3.91. The molecular formula is C16H22N4O3. The molecule has 1 aliphatic heterocycles. The molecule has 0 unspecified atom stereocenters. The summed E-state index contributed by atoms with van der Waals surface area (Å²) in [5.41, 5.74) is 1.40. The predicted molar refractivity (Wildman–Crippen MR) is 85.4 cm³/mol. The Hall–Kier alpha value is -2.31. The first-order valence-corrected chi connectivity index (χ1v) is 8.11. The quantitative estimate of drug-likeness (QED) is 0.912. The van der Waals surface area contributed by atoms with E-state index in [0.717, 1.165) is 5.69 Å². The first-order valence-electron chi connectivity index (χ1n) is 8.11. The van der Waals surface area contributed by atoms with E-state index in [2.05, 4.69) is 10.3 Å². The number of carbonyl (C=O) groups is 2. The summed E-state index contributed by atoms with van der Waals surface area (Å²) in [5.74, 6) is -0.0912. The van der Waals surface area contributed by atoms with E-state index in [1.54, 1.807) is 29.0 Å². The van der Waals surface area contributed by atoms with Gasteiger partial charge in [-0.15, -0.1) is 0 Å². The molecule has 124 valence electrons. The van der Waals surface area contributed by atoms with Crippen LogP contribution in [0, 0.1) is 0 Å². The molecule has 7 nitrogen and oxygen atoms in total. The van der Waals surface area contributed by atoms with Gasteiger partial charge in [0.05, 0.1) is 18.5 Å². The molecule has 23 heavy (non-hydrogen) atoms. The molecule has 3 rings (SSSR count). The van der Waals surface area contributed by atoms with Crippen molar-refractivity contribution < 1.29 is 14.3 Å². The van der Waals surface area contributed by atoms with Crippen LogP contribution < -0.4 is 5.32 Å². The average Bonchev–Trinajstić information content (AvgIpc) is 3.39. The molecular weight excluding hydrogens is 296 g/mol. The van der Waals surface area contributed by atoms with Crippen molar-refractivity contribution in [2.45, 2.75) is 25.8 Å². The lowest BCUT2D eigenvalue weighted by Gasteiger charge is -2.33. The first-order chi connectivity index (χ1) is 11.2. The van der Waals surface area contributed by atoms with Crippen molar-refractivity contribution in [1.82, 2.24) is 14.8 Å². The standard InChI is InChI=1S/C16H22N4O3/c1-2-23-16(22)20-9-7-19(8-10-20)15(21)14-6-5-13(11-17-14)18-12-3-4-12/h5-6,11-12,18H,2-4,7-10H2,1H3. The van der Waals surface area contributed by atoms with Crippen molar-refractivity contribution in [2.75, 3.05) is 38.1 Å². The molecule has 1 aromatic heterocycles. The van der Waals surface area contributed by atoms with Crippen LogP contribution >= 0.6 is 0 Å². The Bertz CT molecular complexity index is 563. The first kappa shape index (κ1) is 15.6. The Morgan fingerprint density at radius 2 is 1.91 bits per heavy atom. The number of nitrogens with zero attached hydrogens (tertiary/aromatic N) is 3. The SMILES string of the molecule is CCOC(=O)N1CCN(C(=O)c2ccc(NC3CC3)cn2)CC1. The summed E-state index contributed by atoms with van der Waals surface area (Å²) in [6, 6.07) is 4.22.